The van der Waals surface area contributed by atoms with E-state index in [1.807, 2.05) is 31.2 Å². The number of nitrogens with one attached hydrogen (secondary N) is 1. The van der Waals surface area contributed by atoms with Gasteiger partial charge in [0, 0.05) is 32.1 Å². The van der Waals surface area contributed by atoms with Crippen molar-refractivity contribution in [1.82, 2.24) is 24.6 Å². The van der Waals surface area contributed by atoms with Crippen LogP contribution in [0.25, 0.3) is 11.0 Å². The van der Waals surface area contributed by atoms with Gasteiger partial charge < -0.3 is 9.88 Å². The SMILES string of the molecule is Cc1nc2ccccc2n1CCC(=O)NC1CCc2nn(C)c(=O)cc2C1. The van der Waals surface area contributed by atoms with Crippen molar-refractivity contribution in [1.29, 1.82) is 0 Å². The lowest BCUT2D eigenvalue weighted by atomic mass is 9.92. The minimum atomic E-state index is -0.108. The number of imidazole rings is 1. The number of para-hydroxylation sites is 2. The molecule has 0 bridgehead atoms. The summed E-state index contributed by atoms with van der Waals surface area (Å²) in [6.07, 6.45) is 2.69. The molecule has 2 heterocycles. The Hall–Kier alpha value is -2.96. The van der Waals surface area contributed by atoms with Gasteiger partial charge in [-0.25, -0.2) is 9.67 Å². The molecule has 0 saturated carbocycles. The number of aryl methyl sites for hydroxylation is 4. The maximum Gasteiger partial charge on any atom is 0.266 e. The molecule has 1 atom stereocenters. The highest BCUT2D eigenvalue weighted by Gasteiger charge is 2.22. The number of fused-ring (bicyclic) bond motifs is 2. The van der Waals surface area contributed by atoms with Gasteiger partial charge in [-0.3, -0.25) is 9.59 Å². The molecule has 1 unspecified atom stereocenters. The molecule has 27 heavy (non-hydrogen) atoms. The van der Waals surface area contributed by atoms with Crippen LogP contribution in [0.1, 0.15) is 29.9 Å². The first-order valence-electron chi connectivity index (χ1n) is 9.28. The van der Waals surface area contributed by atoms with Crippen LogP contribution in [0.3, 0.4) is 0 Å². The Balaban J connectivity index is 1.39. The molecule has 2 aromatic heterocycles. The summed E-state index contributed by atoms with van der Waals surface area (Å²) in [6, 6.07) is 9.66. The van der Waals surface area contributed by atoms with Crippen molar-refractivity contribution >= 4 is 16.9 Å². The predicted molar refractivity (Wildman–Crippen MR) is 103 cm³/mol. The topological polar surface area (TPSA) is 81.8 Å². The van der Waals surface area contributed by atoms with Crippen molar-refractivity contribution in [3.63, 3.8) is 0 Å². The van der Waals surface area contributed by atoms with Crippen LogP contribution in [-0.4, -0.2) is 31.3 Å². The summed E-state index contributed by atoms with van der Waals surface area (Å²) in [7, 11) is 1.66. The standard InChI is InChI=1S/C20H23N5O2/c1-13-21-17-5-3-4-6-18(17)25(13)10-9-19(26)22-15-7-8-16-14(11-15)12-20(27)24(2)23-16/h3-6,12,15H,7-11H2,1-2H3,(H,22,26). The second kappa shape index (κ2) is 6.98. The molecule has 1 aliphatic rings. The zero-order chi connectivity index (χ0) is 19.0. The summed E-state index contributed by atoms with van der Waals surface area (Å²) in [6.45, 7) is 2.56. The van der Waals surface area contributed by atoms with Crippen molar-refractivity contribution in [2.45, 2.75) is 45.2 Å². The fourth-order valence-corrected chi connectivity index (χ4v) is 3.80. The van der Waals surface area contributed by atoms with E-state index in [2.05, 4.69) is 20.0 Å². The maximum atomic E-state index is 12.5. The lowest BCUT2D eigenvalue weighted by Crippen LogP contribution is -2.40. The van der Waals surface area contributed by atoms with Crippen LogP contribution in [0.5, 0.6) is 0 Å². The van der Waals surface area contributed by atoms with Crippen molar-refractivity contribution in [2.75, 3.05) is 0 Å². The van der Waals surface area contributed by atoms with Crippen molar-refractivity contribution in [2.24, 2.45) is 7.05 Å². The van der Waals surface area contributed by atoms with Crippen LogP contribution in [-0.2, 0) is 31.2 Å². The Morgan fingerprint density at radius 1 is 1.33 bits per heavy atom. The summed E-state index contributed by atoms with van der Waals surface area (Å²) < 4.78 is 3.45. The highest BCUT2D eigenvalue weighted by atomic mass is 16.1. The van der Waals surface area contributed by atoms with E-state index < -0.39 is 0 Å². The van der Waals surface area contributed by atoms with Gasteiger partial charge in [0.25, 0.3) is 5.56 Å². The first kappa shape index (κ1) is 17.5. The molecule has 1 amide bonds. The molecule has 3 aromatic rings. The Bertz CT molecular complexity index is 1070. The number of nitrogens with zero attached hydrogens (tertiary/aromatic N) is 4. The molecule has 1 aliphatic carbocycles. The number of carbonyl (C=O) groups is 1. The summed E-state index contributed by atoms with van der Waals surface area (Å²) in [4.78, 5) is 28.8. The third kappa shape index (κ3) is 3.49. The highest BCUT2D eigenvalue weighted by Crippen LogP contribution is 2.19. The van der Waals surface area contributed by atoms with Gasteiger partial charge in [-0.1, -0.05) is 12.1 Å². The maximum absolute atomic E-state index is 12.5. The van der Waals surface area contributed by atoms with Crippen LogP contribution in [0, 0.1) is 6.92 Å². The lowest BCUT2D eigenvalue weighted by molar-refractivity contribution is -0.122. The summed E-state index contributed by atoms with van der Waals surface area (Å²) in [5, 5.41) is 7.43. The number of aromatic nitrogens is 4. The molecule has 0 fully saturated rings. The quantitative estimate of drug-likeness (QED) is 0.760. The molecule has 1 aromatic carbocycles. The number of rotatable bonds is 4. The minimum absolute atomic E-state index is 0.0254. The predicted octanol–water partition coefficient (Wildman–Crippen LogP) is 1.50. The van der Waals surface area contributed by atoms with Gasteiger partial charge in [0.15, 0.2) is 0 Å². The van der Waals surface area contributed by atoms with E-state index in [0.717, 1.165) is 41.0 Å². The lowest BCUT2D eigenvalue weighted by Gasteiger charge is -2.25. The van der Waals surface area contributed by atoms with Crippen LogP contribution in [0.2, 0.25) is 0 Å². The monoisotopic (exact) mass is 365 g/mol. The Labute approximate surface area is 157 Å². The van der Waals surface area contributed by atoms with E-state index in [4.69, 9.17) is 0 Å². The van der Waals surface area contributed by atoms with Crippen molar-refractivity contribution < 1.29 is 4.79 Å². The Morgan fingerprint density at radius 2 is 2.15 bits per heavy atom. The van der Waals surface area contributed by atoms with Gasteiger partial charge in [0.05, 0.1) is 16.7 Å². The first-order valence-corrected chi connectivity index (χ1v) is 9.28. The summed E-state index contributed by atoms with van der Waals surface area (Å²) in [5.41, 5.74) is 3.81. The molecule has 1 N–H and O–H groups in total. The van der Waals surface area contributed by atoms with Gasteiger partial charge >= 0.3 is 0 Å². The fourth-order valence-electron chi connectivity index (χ4n) is 3.80. The Kier molecular flexibility index (Phi) is 4.51. The molecular formula is C20H23N5O2. The van der Waals surface area contributed by atoms with Gasteiger partial charge in [-0.2, -0.15) is 5.10 Å². The molecule has 0 radical (unpaired) electrons. The van der Waals surface area contributed by atoms with E-state index in [-0.39, 0.29) is 17.5 Å². The fraction of sp³-hybridized carbons (Fsp3) is 0.400. The summed E-state index contributed by atoms with van der Waals surface area (Å²) >= 11 is 0. The van der Waals surface area contributed by atoms with E-state index in [0.29, 0.717) is 19.4 Å². The minimum Gasteiger partial charge on any atom is -0.353 e. The van der Waals surface area contributed by atoms with Gasteiger partial charge in [0.2, 0.25) is 5.91 Å². The second-order valence-electron chi connectivity index (χ2n) is 7.13. The number of amides is 1. The van der Waals surface area contributed by atoms with E-state index in [9.17, 15) is 9.59 Å². The Morgan fingerprint density at radius 3 is 3.00 bits per heavy atom. The van der Waals surface area contributed by atoms with E-state index in [1.54, 1.807) is 13.1 Å². The van der Waals surface area contributed by atoms with Crippen molar-refractivity contribution in [3.05, 3.63) is 57.8 Å². The van der Waals surface area contributed by atoms with Gasteiger partial charge in [-0.05, 0) is 43.9 Å². The molecule has 0 aliphatic heterocycles. The molecule has 7 heteroatoms. The first-order chi connectivity index (χ1) is 13.0. The third-order valence-corrected chi connectivity index (χ3v) is 5.23. The van der Waals surface area contributed by atoms with Crippen LogP contribution >= 0.6 is 0 Å². The summed E-state index contributed by atoms with van der Waals surface area (Å²) in [5.74, 6) is 0.940. The molecule has 0 saturated heterocycles. The smallest absolute Gasteiger partial charge is 0.266 e. The number of hydrogen-bond donors (Lipinski definition) is 1. The van der Waals surface area contributed by atoms with Gasteiger partial charge in [-0.15, -0.1) is 0 Å². The number of benzene rings is 1. The average Bonchev–Trinajstić information content (AvgIpc) is 2.96. The van der Waals surface area contributed by atoms with E-state index in [1.165, 1.54) is 4.68 Å². The zero-order valence-electron chi connectivity index (χ0n) is 15.6. The zero-order valence-corrected chi connectivity index (χ0v) is 15.6. The van der Waals surface area contributed by atoms with Crippen LogP contribution in [0.15, 0.2) is 35.1 Å². The molecule has 4 rings (SSSR count). The molecular weight excluding hydrogens is 342 g/mol. The van der Waals surface area contributed by atoms with E-state index >= 15 is 0 Å². The van der Waals surface area contributed by atoms with Crippen molar-refractivity contribution in [3.8, 4) is 0 Å². The van der Waals surface area contributed by atoms with Gasteiger partial charge in [0.1, 0.15) is 5.82 Å². The second-order valence-corrected chi connectivity index (χ2v) is 7.13. The van der Waals surface area contributed by atoms with Crippen LogP contribution in [0.4, 0.5) is 0 Å². The number of carbonyl (C=O) groups excluding carboxylic acids is 1. The highest BCUT2D eigenvalue weighted by molar-refractivity contribution is 5.78. The largest absolute Gasteiger partial charge is 0.353 e. The molecule has 140 valence electrons. The third-order valence-electron chi connectivity index (χ3n) is 5.23. The molecule has 0 spiro atoms. The normalized spacial score (nSPS) is 16.3. The average molecular weight is 365 g/mol. The number of hydrogen-bond acceptors (Lipinski definition) is 4. The van der Waals surface area contributed by atoms with Crippen LogP contribution < -0.4 is 10.9 Å². The molecule has 7 nitrogen and oxygen atoms in total.